The zero-order chi connectivity index (χ0) is 19.1. The van der Waals surface area contributed by atoms with Crippen molar-refractivity contribution < 1.29 is 4.39 Å². The summed E-state index contributed by atoms with van der Waals surface area (Å²) in [4.78, 5) is 13.2. The summed E-state index contributed by atoms with van der Waals surface area (Å²) in [5.41, 5.74) is 1.33. The number of anilines is 3. The third-order valence-corrected chi connectivity index (χ3v) is 5.58. The number of fused-ring (bicyclic) bond motifs is 5. The fourth-order valence-corrected chi connectivity index (χ4v) is 4.41. The van der Waals surface area contributed by atoms with Crippen molar-refractivity contribution in [3.63, 3.8) is 0 Å². The van der Waals surface area contributed by atoms with Gasteiger partial charge < -0.3 is 9.80 Å². The molecule has 4 rings (SSSR count). The Balaban J connectivity index is 0.000000948. The van der Waals surface area contributed by atoms with Crippen molar-refractivity contribution >= 4 is 17.2 Å². The van der Waals surface area contributed by atoms with Gasteiger partial charge in [0.05, 0.1) is 11.9 Å². The van der Waals surface area contributed by atoms with Crippen LogP contribution in [0.3, 0.4) is 0 Å². The van der Waals surface area contributed by atoms with Crippen LogP contribution in [-0.4, -0.2) is 22.2 Å². The monoisotopic (exact) mass is 356 g/mol. The summed E-state index contributed by atoms with van der Waals surface area (Å²) in [6.07, 6.45) is 3.80. The number of rotatable bonds is 2. The predicted molar refractivity (Wildman–Crippen MR) is 106 cm³/mol. The molecular weight excluding hydrogens is 327 g/mol. The molecule has 1 aromatic carbocycles. The minimum atomic E-state index is -1.35. The highest BCUT2D eigenvalue weighted by Crippen LogP contribution is 2.56. The second kappa shape index (κ2) is 6.86. The number of hydrogen-bond acceptors (Lipinski definition) is 4. The van der Waals surface area contributed by atoms with Crippen LogP contribution >= 0.6 is 0 Å². The van der Waals surface area contributed by atoms with E-state index in [0.717, 1.165) is 22.8 Å². The molecule has 3 atom stereocenters. The third kappa shape index (κ3) is 2.40. The summed E-state index contributed by atoms with van der Waals surface area (Å²) in [6.45, 7) is 12.2. The Kier molecular flexibility index (Phi) is 4.91. The minimum Gasteiger partial charge on any atom is -0.344 e. The average molecular weight is 356 g/mol. The van der Waals surface area contributed by atoms with Crippen LogP contribution in [0.15, 0.2) is 36.8 Å². The van der Waals surface area contributed by atoms with E-state index in [1.54, 1.807) is 6.33 Å². The van der Waals surface area contributed by atoms with Crippen LogP contribution in [0.25, 0.3) is 0 Å². The molecule has 0 radical (unpaired) electrons. The van der Waals surface area contributed by atoms with E-state index in [1.807, 2.05) is 58.2 Å². The lowest BCUT2D eigenvalue weighted by atomic mass is 9.75. The molecule has 26 heavy (non-hydrogen) atoms. The molecule has 1 aromatic heterocycles. The second-order valence-corrected chi connectivity index (χ2v) is 7.04. The lowest BCUT2D eigenvalue weighted by Crippen LogP contribution is -2.56. The van der Waals surface area contributed by atoms with Gasteiger partial charge in [-0.1, -0.05) is 45.9 Å². The Morgan fingerprint density at radius 2 is 1.88 bits per heavy atom. The summed E-state index contributed by atoms with van der Waals surface area (Å²) in [6, 6.07) is 8.06. The summed E-state index contributed by atoms with van der Waals surface area (Å²) in [5.74, 6) is 0.690. The molecule has 0 saturated carbocycles. The van der Waals surface area contributed by atoms with Gasteiger partial charge in [0.1, 0.15) is 23.8 Å². The normalized spacial score (nSPS) is 26.0. The molecule has 0 bridgehead atoms. The van der Waals surface area contributed by atoms with Gasteiger partial charge in [-0.2, -0.15) is 0 Å². The van der Waals surface area contributed by atoms with Gasteiger partial charge in [0, 0.05) is 17.5 Å². The van der Waals surface area contributed by atoms with E-state index in [9.17, 15) is 0 Å². The van der Waals surface area contributed by atoms with E-state index < -0.39 is 5.67 Å². The maximum Gasteiger partial charge on any atom is 0.161 e. The number of halogens is 1. The maximum absolute atomic E-state index is 16.1. The van der Waals surface area contributed by atoms with E-state index in [1.165, 1.54) is 0 Å². The second-order valence-electron chi connectivity index (χ2n) is 7.04. The molecule has 0 aliphatic carbocycles. The first-order valence-electron chi connectivity index (χ1n) is 9.66. The van der Waals surface area contributed by atoms with Gasteiger partial charge in [-0.15, -0.1) is 0 Å². The Hall–Kier alpha value is -2.17. The summed E-state index contributed by atoms with van der Waals surface area (Å²) in [7, 11) is 0. The molecule has 4 nitrogen and oxygen atoms in total. The molecule has 3 unspecified atom stereocenters. The van der Waals surface area contributed by atoms with Crippen molar-refractivity contribution in [2.45, 2.75) is 65.8 Å². The van der Waals surface area contributed by atoms with Crippen LogP contribution in [0.5, 0.6) is 0 Å². The molecule has 0 spiro atoms. The van der Waals surface area contributed by atoms with Crippen LogP contribution in [0.2, 0.25) is 0 Å². The molecule has 5 heteroatoms. The number of aromatic nitrogens is 2. The number of para-hydroxylation sites is 1. The van der Waals surface area contributed by atoms with Crippen LogP contribution in [-0.2, 0) is 5.67 Å². The van der Waals surface area contributed by atoms with Crippen LogP contribution < -0.4 is 9.80 Å². The van der Waals surface area contributed by atoms with E-state index in [4.69, 9.17) is 0 Å². The highest BCUT2D eigenvalue weighted by atomic mass is 19.1. The molecule has 2 aliphatic heterocycles. The Bertz CT molecular complexity index is 778. The zero-order valence-corrected chi connectivity index (χ0v) is 16.6. The topological polar surface area (TPSA) is 32.3 Å². The molecule has 0 fully saturated rings. The number of nitrogens with zero attached hydrogens (tertiary/aromatic N) is 4. The van der Waals surface area contributed by atoms with E-state index >= 15 is 4.39 Å². The Morgan fingerprint density at radius 3 is 2.54 bits per heavy atom. The Morgan fingerprint density at radius 1 is 1.19 bits per heavy atom. The van der Waals surface area contributed by atoms with Gasteiger partial charge in [-0.3, -0.25) is 0 Å². The quantitative estimate of drug-likeness (QED) is 0.719. The largest absolute Gasteiger partial charge is 0.344 e. The minimum absolute atomic E-state index is 0.0865. The first-order chi connectivity index (χ1) is 12.5. The van der Waals surface area contributed by atoms with Crippen molar-refractivity contribution in [1.29, 1.82) is 0 Å². The SMILES string of the molecule is CC.CCC1(F)c2ccccc2N2c3ncncc3N(C(C)C)C2C1C. The average Bonchev–Trinajstić information content (AvgIpc) is 3.03. The third-order valence-electron chi connectivity index (χ3n) is 5.58. The molecule has 2 aromatic rings. The van der Waals surface area contributed by atoms with E-state index in [2.05, 4.69) is 33.6 Å². The smallest absolute Gasteiger partial charge is 0.161 e. The van der Waals surface area contributed by atoms with Gasteiger partial charge in [-0.05, 0) is 26.3 Å². The van der Waals surface area contributed by atoms with Crippen molar-refractivity contribution in [3.05, 3.63) is 42.4 Å². The lowest BCUT2D eigenvalue weighted by molar-refractivity contribution is 0.0587. The first-order valence-corrected chi connectivity index (χ1v) is 9.66. The number of benzene rings is 1. The fourth-order valence-electron chi connectivity index (χ4n) is 4.41. The molecular formula is C21H29FN4. The fraction of sp³-hybridized carbons (Fsp3) is 0.524. The highest BCUT2D eigenvalue weighted by Gasteiger charge is 2.55. The van der Waals surface area contributed by atoms with Crippen LogP contribution in [0.4, 0.5) is 21.6 Å². The number of hydrogen-bond donors (Lipinski definition) is 0. The number of alkyl halides is 1. The lowest BCUT2D eigenvalue weighted by Gasteiger charge is -2.49. The van der Waals surface area contributed by atoms with Gasteiger partial charge in [-0.25, -0.2) is 14.4 Å². The molecule has 140 valence electrons. The van der Waals surface area contributed by atoms with Gasteiger partial charge >= 0.3 is 0 Å². The maximum atomic E-state index is 16.1. The van der Waals surface area contributed by atoms with E-state index in [-0.39, 0.29) is 18.1 Å². The molecule has 3 heterocycles. The van der Waals surface area contributed by atoms with Gasteiger partial charge in [0.2, 0.25) is 0 Å². The molecule has 0 N–H and O–H groups in total. The summed E-state index contributed by atoms with van der Waals surface area (Å²) >= 11 is 0. The molecule has 0 amide bonds. The Labute approximate surface area is 156 Å². The van der Waals surface area contributed by atoms with Crippen LogP contribution in [0.1, 0.15) is 53.5 Å². The first kappa shape index (κ1) is 18.6. The van der Waals surface area contributed by atoms with Gasteiger partial charge in [0.25, 0.3) is 0 Å². The molecule has 0 saturated heterocycles. The zero-order valence-electron chi connectivity index (χ0n) is 16.6. The standard InChI is InChI=1S/C19H23FN4.C2H6/c1-5-19(20)13(4)18-23(12(2)3)16-10-21-11-22-17(16)24(18)15-9-7-6-8-14(15)19;1-2/h6-13,18H,5H2,1-4H3;1-2H3. The molecule has 2 aliphatic rings. The van der Waals surface area contributed by atoms with Gasteiger partial charge in [0.15, 0.2) is 5.82 Å². The van der Waals surface area contributed by atoms with Crippen molar-refractivity contribution in [2.75, 3.05) is 9.80 Å². The van der Waals surface area contributed by atoms with Crippen molar-refractivity contribution in [2.24, 2.45) is 5.92 Å². The summed E-state index contributed by atoms with van der Waals surface area (Å²) in [5, 5.41) is 0. The van der Waals surface area contributed by atoms with Crippen molar-refractivity contribution in [1.82, 2.24) is 9.97 Å². The van der Waals surface area contributed by atoms with Crippen LogP contribution in [0, 0.1) is 5.92 Å². The van der Waals surface area contributed by atoms with Crippen molar-refractivity contribution in [3.8, 4) is 0 Å². The highest BCUT2D eigenvalue weighted by molar-refractivity contribution is 5.83. The summed E-state index contributed by atoms with van der Waals surface area (Å²) < 4.78 is 16.1. The predicted octanol–water partition coefficient (Wildman–Crippen LogP) is 5.42. The van der Waals surface area contributed by atoms with E-state index in [0.29, 0.717) is 6.42 Å².